The number of carbonyl (C=O) groups excluding carboxylic acids is 3. The monoisotopic (exact) mass is 320 g/mol. The van der Waals surface area contributed by atoms with Crippen molar-refractivity contribution in [2.75, 3.05) is 26.7 Å². The normalized spacial score (nSPS) is 16.0. The van der Waals surface area contributed by atoms with Crippen molar-refractivity contribution >= 4 is 17.7 Å². The third-order valence-corrected chi connectivity index (χ3v) is 3.56. The van der Waals surface area contributed by atoms with Crippen LogP contribution < -0.4 is 4.74 Å². The molecule has 1 heterocycles. The summed E-state index contributed by atoms with van der Waals surface area (Å²) in [7, 11) is 1.53. The summed E-state index contributed by atoms with van der Waals surface area (Å²) in [5.41, 5.74) is 0.608. The van der Waals surface area contributed by atoms with Gasteiger partial charge in [-0.05, 0) is 24.3 Å². The van der Waals surface area contributed by atoms with Gasteiger partial charge in [-0.1, -0.05) is 6.92 Å². The number of aliphatic hydroxyl groups is 1. The summed E-state index contributed by atoms with van der Waals surface area (Å²) in [5, 5.41) is 9.93. The molecule has 124 valence electrons. The molecular weight excluding hydrogens is 300 g/mol. The first kappa shape index (κ1) is 17.0. The molecule has 0 aliphatic carbocycles. The molecule has 1 aliphatic heterocycles. The number of nitrogens with zero attached hydrogens (tertiary/aromatic N) is 2. The van der Waals surface area contributed by atoms with Crippen LogP contribution in [0.2, 0.25) is 0 Å². The minimum atomic E-state index is -0.980. The third kappa shape index (κ3) is 4.07. The summed E-state index contributed by atoms with van der Waals surface area (Å²) >= 11 is 0. The summed E-state index contributed by atoms with van der Waals surface area (Å²) in [6.07, 6.45) is -0.544. The number of benzene rings is 1. The first-order chi connectivity index (χ1) is 10.9. The van der Waals surface area contributed by atoms with Gasteiger partial charge in [-0.2, -0.15) is 0 Å². The molecule has 1 aromatic rings. The molecule has 2 rings (SSSR count). The minimum Gasteiger partial charge on any atom is -0.491 e. The zero-order valence-corrected chi connectivity index (χ0v) is 13.2. The molecule has 1 aromatic carbocycles. The van der Waals surface area contributed by atoms with Crippen molar-refractivity contribution < 1.29 is 24.2 Å². The zero-order chi connectivity index (χ0) is 17.0. The third-order valence-electron chi connectivity index (χ3n) is 3.56. The maximum atomic E-state index is 11.7. The quantitative estimate of drug-likeness (QED) is 0.596. The van der Waals surface area contributed by atoms with Gasteiger partial charge >= 0.3 is 6.03 Å². The van der Waals surface area contributed by atoms with Crippen molar-refractivity contribution in [3.05, 3.63) is 29.8 Å². The SMILES string of the molecule is CCC(=O)c1ccc(OC[C@H](O)CN2C(=O)CN(C)C2=O)cc1. The Balaban J connectivity index is 1.85. The Kier molecular flexibility index (Phi) is 5.33. The number of imide groups is 1. The van der Waals surface area contributed by atoms with Crippen LogP contribution in [0.15, 0.2) is 24.3 Å². The van der Waals surface area contributed by atoms with E-state index in [-0.39, 0.29) is 31.4 Å². The summed E-state index contributed by atoms with van der Waals surface area (Å²) < 4.78 is 5.42. The number of amides is 3. The number of Topliss-reactive ketones (excluding diaryl/α,β-unsaturated/α-hetero) is 1. The van der Waals surface area contributed by atoms with Gasteiger partial charge in [0.15, 0.2) is 5.78 Å². The Morgan fingerprint density at radius 2 is 1.96 bits per heavy atom. The smallest absolute Gasteiger partial charge is 0.327 e. The number of urea groups is 1. The Hall–Kier alpha value is -2.41. The van der Waals surface area contributed by atoms with Gasteiger partial charge in [0.25, 0.3) is 0 Å². The second kappa shape index (κ2) is 7.23. The summed E-state index contributed by atoms with van der Waals surface area (Å²) in [4.78, 5) is 37.1. The highest BCUT2D eigenvalue weighted by Gasteiger charge is 2.34. The Labute approximate surface area is 134 Å². The Morgan fingerprint density at radius 3 is 2.48 bits per heavy atom. The van der Waals surface area contributed by atoms with Crippen molar-refractivity contribution in [1.82, 2.24) is 9.80 Å². The van der Waals surface area contributed by atoms with E-state index in [1.807, 2.05) is 0 Å². The molecule has 23 heavy (non-hydrogen) atoms. The molecule has 0 radical (unpaired) electrons. The largest absolute Gasteiger partial charge is 0.491 e. The highest BCUT2D eigenvalue weighted by atomic mass is 16.5. The average Bonchev–Trinajstić information content (AvgIpc) is 2.79. The van der Waals surface area contributed by atoms with E-state index >= 15 is 0 Å². The lowest BCUT2D eigenvalue weighted by molar-refractivity contribution is -0.126. The highest BCUT2D eigenvalue weighted by Crippen LogP contribution is 2.14. The predicted octanol–water partition coefficient (Wildman–Crippen LogP) is 0.913. The molecule has 0 bridgehead atoms. The number of ether oxygens (including phenoxy) is 1. The molecular formula is C16H20N2O5. The lowest BCUT2D eigenvalue weighted by Crippen LogP contribution is -2.40. The predicted molar refractivity (Wildman–Crippen MR) is 82.3 cm³/mol. The topological polar surface area (TPSA) is 87.2 Å². The van der Waals surface area contributed by atoms with Crippen LogP contribution in [0, 0.1) is 0 Å². The van der Waals surface area contributed by atoms with Gasteiger partial charge in [-0.25, -0.2) is 4.79 Å². The number of aliphatic hydroxyl groups excluding tert-OH is 1. The molecule has 1 saturated heterocycles. The van der Waals surface area contributed by atoms with Crippen LogP contribution in [0.1, 0.15) is 23.7 Å². The van der Waals surface area contributed by atoms with Crippen molar-refractivity contribution in [2.45, 2.75) is 19.4 Å². The van der Waals surface area contributed by atoms with Crippen LogP contribution in [0.4, 0.5) is 4.79 Å². The first-order valence-electron chi connectivity index (χ1n) is 7.42. The molecule has 7 nitrogen and oxygen atoms in total. The summed E-state index contributed by atoms with van der Waals surface area (Å²) in [5.74, 6) is 0.221. The van der Waals surface area contributed by atoms with E-state index in [0.717, 1.165) is 4.90 Å². The summed E-state index contributed by atoms with van der Waals surface area (Å²) in [6, 6.07) is 6.20. The van der Waals surface area contributed by atoms with Crippen LogP contribution in [0.25, 0.3) is 0 Å². The Bertz CT molecular complexity index is 599. The van der Waals surface area contributed by atoms with Crippen LogP contribution in [-0.2, 0) is 4.79 Å². The summed E-state index contributed by atoms with van der Waals surface area (Å²) in [6.45, 7) is 1.66. The molecule has 0 spiro atoms. The number of ketones is 1. The van der Waals surface area contributed by atoms with E-state index in [1.54, 1.807) is 31.2 Å². The number of rotatable bonds is 7. The van der Waals surface area contributed by atoms with Gasteiger partial charge in [-0.15, -0.1) is 0 Å². The van der Waals surface area contributed by atoms with Crippen molar-refractivity contribution in [3.8, 4) is 5.75 Å². The van der Waals surface area contributed by atoms with E-state index in [9.17, 15) is 19.5 Å². The van der Waals surface area contributed by atoms with E-state index in [2.05, 4.69) is 0 Å². The Morgan fingerprint density at radius 1 is 1.30 bits per heavy atom. The van der Waals surface area contributed by atoms with Gasteiger partial charge < -0.3 is 14.7 Å². The number of likely N-dealkylation sites (N-methyl/N-ethyl adjacent to an activating group) is 1. The first-order valence-corrected chi connectivity index (χ1v) is 7.42. The fraction of sp³-hybridized carbons (Fsp3) is 0.438. The van der Waals surface area contributed by atoms with Crippen molar-refractivity contribution in [3.63, 3.8) is 0 Å². The fourth-order valence-electron chi connectivity index (χ4n) is 2.25. The second-order valence-electron chi connectivity index (χ2n) is 5.41. The van der Waals surface area contributed by atoms with Crippen LogP contribution in [0.3, 0.4) is 0 Å². The number of carbonyl (C=O) groups is 3. The minimum absolute atomic E-state index is 0.0271. The van der Waals surface area contributed by atoms with Crippen LogP contribution in [-0.4, -0.2) is 65.5 Å². The van der Waals surface area contributed by atoms with Crippen LogP contribution in [0.5, 0.6) is 5.75 Å². The van der Waals surface area contributed by atoms with Crippen molar-refractivity contribution in [1.29, 1.82) is 0 Å². The molecule has 0 aromatic heterocycles. The van der Waals surface area contributed by atoms with Gasteiger partial charge in [0, 0.05) is 19.0 Å². The van der Waals surface area contributed by atoms with E-state index in [0.29, 0.717) is 17.7 Å². The molecule has 1 fully saturated rings. The maximum absolute atomic E-state index is 11.7. The van der Waals surface area contributed by atoms with E-state index < -0.39 is 12.1 Å². The van der Waals surface area contributed by atoms with E-state index in [4.69, 9.17) is 4.74 Å². The maximum Gasteiger partial charge on any atom is 0.327 e. The van der Waals surface area contributed by atoms with E-state index in [1.165, 1.54) is 11.9 Å². The second-order valence-corrected chi connectivity index (χ2v) is 5.41. The lowest BCUT2D eigenvalue weighted by Gasteiger charge is -2.18. The van der Waals surface area contributed by atoms with Gasteiger partial charge in [0.1, 0.15) is 25.0 Å². The van der Waals surface area contributed by atoms with Gasteiger partial charge in [-0.3, -0.25) is 14.5 Å². The molecule has 0 unspecified atom stereocenters. The molecule has 1 aliphatic rings. The zero-order valence-electron chi connectivity index (χ0n) is 13.2. The lowest BCUT2D eigenvalue weighted by atomic mass is 10.1. The molecule has 1 N–H and O–H groups in total. The average molecular weight is 320 g/mol. The molecule has 1 atom stereocenters. The number of hydrogen-bond donors (Lipinski definition) is 1. The van der Waals surface area contributed by atoms with Gasteiger partial charge in [0.05, 0.1) is 6.54 Å². The highest BCUT2D eigenvalue weighted by molar-refractivity contribution is 6.01. The fourth-order valence-corrected chi connectivity index (χ4v) is 2.25. The standard InChI is InChI=1S/C16H20N2O5/c1-3-14(20)11-4-6-13(7-5-11)23-10-12(19)8-18-15(21)9-17(2)16(18)22/h4-7,12,19H,3,8-10H2,1-2H3/t12-/m1/s1. The van der Waals surface area contributed by atoms with Crippen LogP contribution >= 0.6 is 0 Å². The molecule has 3 amide bonds. The molecule has 7 heteroatoms. The number of β-amino-alcohol motifs (C(OH)–C–C–N with tert-alkyl or cyclic N) is 1. The number of hydrogen-bond acceptors (Lipinski definition) is 5. The molecule has 0 saturated carbocycles. The van der Waals surface area contributed by atoms with Gasteiger partial charge in [0.2, 0.25) is 5.91 Å². The van der Waals surface area contributed by atoms with Crippen molar-refractivity contribution in [2.24, 2.45) is 0 Å².